The largest absolute Gasteiger partial charge is 0.377 e. The maximum absolute atomic E-state index is 5.70. The van der Waals surface area contributed by atoms with Crippen molar-refractivity contribution < 1.29 is 4.74 Å². The van der Waals surface area contributed by atoms with Crippen LogP contribution < -0.4 is 5.32 Å². The molecule has 112 valence electrons. The summed E-state index contributed by atoms with van der Waals surface area (Å²) in [4.78, 5) is 2.51. The lowest BCUT2D eigenvalue weighted by molar-refractivity contribution is 0.0668. The molecule has 0 aromatic heterocycles. The summed E-state index contributed by atoms with van der Waals surface area (Å²) >= 11 is 0. The summed E-state index contributed by atoms with van der Waals surface area (Å²) in [6.45, 7) is 10.6. The zero-order valence-electron chi connectivity index (χ0n) is 12.9. The van der Waals surface area contributed by atoms with E-state index >= 15 is 0 Å². The lowest BCUT2D eigenvalue weighted by Crippen LogP contribution is -2.29. The molecule has 1 saturated heterocycles. The highest BCUT2D eigenvalue weighted by Gasteiger charge is 2.14. The number of hydrogen-bond acceptors (Lipinski definition) is 3. The van der Waals surface area contributed by atoms with E-state index in [0.29, 0.717) is 6.10 Å². The lowest BCUT2D eigenvalue weighted by atomic mass is 10.1. The number of benzene rings is 1. The van der Waals surface area contributed by atoms with Crippen LogP contribution in [0.5, 0.6) is 0 Å². The molecule has 0 radical (unpaired) electrons. The van der Waals surface area contributed by atoms with Crippen LogP contribution in [0.1, 0.15) is 31.4 Å². The molecule has 0 spiro atoms. The fraction of sp³-hybridized carbons (Fsp3) is 0.647. The van der Waals surface area contributed by atoms with Crippen molar-refractivity contribution in [3.8, 4) is 0 Å². The van der Waals surface area contributed by atoms with E-state index in [9.17, 15) is 0 Å². The van der Waals surface area contributed by atoms with Gasteiger partial charge in [0.25, 0.3) is 0 Å². The van der Waals surface area contributed by atoms with Crippen molar-refractivity contribution in [1.29, 1.82) is 0 Å². The SMILES string of the molecule is CCNCCc1ccc(CN2CCCOC(C)C2)cc1. The van der Waals surface area contributed by atoms with Crippen molar-refractivity contribution in [2.45, 2.75) is 39.3 Å². The van der Waals surface area contributed by atoms with Gasteiger partial charge in [0.1, 0.15) is 0 Å². The molecule has 0 bridgehead atoms. The zero-order valence-corrected chi connectivity index (χ0v) is 12.9. The number of rotatable bonds is 6. The van der Waals surface area contributed by atoms with Gasteiger partial charge in [-0.15, -0.1) is 0 Å². The van der Waals surface area contributed by atoms with E-state index in [1.807, 2.05) is 0 Å². The standard InChI is InChI=1S/C17H28N2O/c1-3-18-10-9-16-5-7-17(8-6-16)14-19-11-4-12-20-15(2)13-19/h5-8,15,18H,3-4,9-14H2,1-2H3. The predicted molar refractivity (Wildman–Crippen MR) is 84.0 cm³/mol. The molecule has 1 aromatic carbocycles. The van der Waals surface area contributed by atoms with Gasteiger partial charge in [0.05, 0.1) is 6.10 Å². The third-order valence-corrected chi connectivity index (χ3v) is 3.81. The Labute approximate surface area is 123 Å². The first-order valence-electron chi connectivity index (χ1n) is 7.90. The molecule has 0 amide bonds. The fourth-order valence-corrected chi connectivity index (χ4v) is 2.70. The maximum Gasteiger partial charge on any atom is 0.0674 e. The highest BCUT2D eigenvalue weighted by Crippen LogP contribution is 2.12. The second-order valence-electron chi connectivity index (χ2n) is 5.69. The molecule has 1 aliphatic rings. The van der Waals surface area contributed by atoms with E-state index in [1.165, 1.54) is 11.1 Å². The first kappa shape index (κ1) is 15.5. The van der Waals surface area contributed by atoms with Crippen molar-refractivity contribution >= 4 is 0 Å². The Morgan fingerprint density at radius 3 is 2.75 bits per heavy atom. The third kappa shape index (κ3) is 5.23. The number of likely N-dealkylation sites (N-methyl/N-ethyl adjacent to an activating group) is 1. The number of hydrogen-bond donors (Lipinski definition) is 1. The molecule has 1 N–H and O–H groups in total. The van der Waals surface area contributed by atoms with Gasteiger partial charge in [0.15, 0.2) is 0 Å². The van der Waals surface area contributed by atoms with E-state index in [2.05, 4.69) is 48.3 Å². The summed E-state index contributed by atoms with van der Waals surface area (Å²) in [6.07, 6.45) is 2.62. The molecule has 3 nitrogen and oxygen atoms in total. The second kappa shape index (κ2) is 8.40. The number of ether oxygens (including phenoxy) is 1. The van der Waals surface area contributed by atoms with Gasteiger partial charge in [-0.2, -0.15) is 0 Å². The highest BCUT2D eigenvalue weighted by atomic mass is 16.5. The first-order chi connectivity index (χ1) is 9.78. The molecule has 1 unspecified atom stereocenters. The molecule has 3 heteroatoms. The number of nitrogens with zero attached hydrogens (tertiary/aromatic N) is 1. The van der Waals surface area contributed by atoms with Crippen LogP contribution in [0.25, 0.3) is 0 Å². The van der Waals surface area contributed by atoms with E-state index in [0.717, 1.165) is 52.2 Å². The molecule has 0 aliphatic carbocycles. The molecule has 1 aliphatic heterocycles. The smallest absolute Gasteiger partial charge is 0.0674 e. The van der Waals surface area contributed by atoms with Crippen LogP contribution in [0.4, 0.5) is 0 Å². The van der Waals surface area contributed by atoms with Crippen molar-refractivity contribution in [3.63, 3.8) is 0 Å². The van der Waals surface area contributed by atoms with Crippen molar-refractivity contribution in [2.24, 2.45) is 0 Å². The van der Waals surface area contributed by atoms with E-state index in [4.69, 9.17) is 4.74 Å². The Kier molecular flexibility index (Phi) is 6.51. The summed E-state index contributed by atoms with van der Waals surface area (Å²) in [6, 6.07) is 9.09. The van der Waals surface area contributed by atoms with Gasteiger partial charge in [-0.05, 0) is 44.0 Å². The molecule has 2 rings (SSSR count). The third-order valence-electron chi connectivity index (χ3n) is 3.81. The zero-order chi connectivity index (χ0) is 14.2. The van der Waals surface area contributed by atoms with Crippen LogP contribution in [-0.2, 0) is 17.7 Å². The van der Waals surface area contributed by atoms with Crippen LogP contribution in [0.2, 0.25) is 0 Å². The van der Waals surface area contributed by atoms with E-state index in [1.54, 1.807) is 0 Å². The Balaban J connectivity index is 1.83. The molecular formula is C17H28N2O. The van der Waals surface area contributed by atoms with Crippen LogP contribution in [-0.4, -0.2) is 43.8 Å². The van der Waals surface area contributed by atoms with Crippen LogP contribution in [0, 0.1) is 0 Å². The molecule has 1 fully saturated rings. The van der Waals surface area contributed by atoms with Gasteiger partial charge >= 0.3 is 0 Å². The van der Waals surface area contributed by atoms with Gasteiger partial charge in [0, 0.05) is 26.2 Å². The average molecular weight is 276 g/mol. The van der Waals surface area contributed by atoms with Gasteiger partial charge in [0.2, 0.25) is 0 Å². The van der Waals surface area contributed by atoms with Crippen molar-refractivity contribution in [1.82, 2.24) is 10.2 Å². The molecule has 20 heavy (non-hydrogen) atoms. The highest BCUT2D eigenvalue weighted by molar-refractivity contribution is 5.22. The minimum absolute atomic E-state index is 0.358. The summed E-state index contributed by atoms with van der Waals surface area (Å²) in [7, 11) is 0. The van der Waals surface area contributed by atoms with Crippen LogP contribution in [0.3, 0.4) is 0 Å². The summed E-state index contributed by atoms with van der Waals surface area (Å²) in [5.41, 5.74) is 2.83. The second-order valence-corrected chi connectivity index (χ2v) is 5.69. The predicted octanol–water partition coefficient (Wildman–Crippen LogP) is 2.45. The Hall–Kier alpha value is -0.900. The normalized spacial score (nSPS) is 20.8. The molecule has 1 atom stereocenters. The quantitative estimate of drug-likeness (QED) is 0.808. The maximum atomic E-state index is 5.70. The van der Waals surface area contributed by atoms with Crippen LogP contribution in [0.15, 0.2) is 24.3 Å². The van der Waals surface area contributed by atoms with Crippen molar-refractivity contribution in [2.75, 3.05) is 32.8 Å². The summed E-state index contributed by atoms with van der Waals surface area (Å²) in [5.74, 6) is 0. The minimum atomic E-state index is 0.358. The first-order valence-corrected chi connectivity index (χ1v) is 7.90. The molecule has 1 heterocycles. The fourth-order valence-electron chi connectivity index (χ4n) is 2.70. The Morgan fingerprint density at radius 1 is 1.25 bits per heavy atom. The lowest BCUT2D eigenvalue weighted by Gasteiger charge is -2.21. The number of nitrogens with one attached hydrogen (secondary N) is 1. The summed E-state index contributed by atoms with van der Waals surface area (Å²) < 4.78 is 5.70. The Morgan fingerprint density at radius 2 is 2.00 bits per heavy atom. The van der Waals surface area contributed by atoms with Crippen LogP contribution >= 0.6 is 0 Å². The van der Waals surface area contributed by atoms with Crippen molar-refractivity contribution in [3.05, 3.63) is 35.4 Å². The molecule has 0 saturated carbocycles. The molecule has 1 aromatic rings. The summed E-state index contributed by atoms with van der Waals surface area (Å²) in [5, 5.41) is 3.37. The Bertz CT molecular complexity index is 377. The minimum Gasteiger partial charge on any atom is -0.377 e. The molecular weight excluding hydrogens is 248 g/mol. The monoisotopic (exact) mass is 276 g/mol. The average Bonchev–Trinajstić information content (AvgIpc) is 2.65. The van der Waals surface area contributed by atoms with Gasteiger partial charge in [-0.1, -0.05) is 31.2 Å². The van der Waals surface area contributed by atoms with E-state index < -0.39 is 0 Å². The van der Waals surface area contributed by atoms with Gasteiger partial charge < -0.3 is 10.1 Å². The van der Waals surface area contributed by atoms with Gasteiger partial charge in [-0.25, -0.2) is 0 Å². The topological polar surface area (TPSA) is 24.5 Å². The van der Waals surface area contributed by atoms with Gasteiger partial charge in [-0.3, -0.25) is 4.90 Å². The van der Waals surface area contributed by atoms with E-state index in [-0.39, 0.29) is 0 Å².